The van der Waals surface area contributed by atoms with Gasteiger partial charge in [-0.15, -0.1) is 0 Å². The van der Waals surface area contributed by atoms with Crippen LogP contribution in [0.25, 0.3) is 33.5 Å². The minimum absolute atomic E-state index is 0.00941. The lowest BCUT2D eigenvalue weighted by Gasteiger charge is -2.25. The second-order valence-electron chi connectivity index (χ2n) is 10.1. The van der Waals surface area contributed by atoms with Gasteiger partial charge < -0.3 is 11.1 Å². The number of nitrogens with zero attached hydrogens (tertiary/aromatic N) is 7. The molecular weight excluding hydrogens is 478 g/mol. The number of carbonyl (C=O) groups excluding carboxylic acids is 1. The van der Waals surface area contributed by atoms with Gasteiger partial charge in [0.15, 0.2) is 17.3 Å². The number of hydrogen-bond donors (Lipinski definition) is 2. The van der Waals surface area contributed by atoms with E-state index in [2.05, 4.69) is 30.4 Å². The first-order valence-corrected chi connectivity index (χ1v) is 12.5. The summed E-state index contributed by atoms with van der Waals surface area (Å²) in [6, 6.07) is 11.5. The first-order chi connectivity index (χ1) is 18.3. The molecule has 6 rings (SSSR count). The number of nitrogens with two attached hydrogens (primary N) is 1. The van der Waals surface area contributed by atoms with E-state index in [1.165, 1.54) is 12.8 Å². The van der Waals surface area contributed by atoms with E-state index in [1.54, 1.807) is 10.9 Å². The maximum absolute atomic E-state index is 13.5. The minimum Gasteiger partial charge on any atom is -0.382 e. The number of aryl methyl sites for hydroxylation is 1. The van der Waals surface area contributed by atoms with Crippen molar-refractivity contribution >= 4 is 22.6 Å². The van der Waals surface area contributed by atoms with Crippen LogP contribution in [0.3, 0.4) is 0 Å². The highest BCUT2D eigenvalue weighted by atomic mass is 16.2. The summed E-state index contributed by atoms with van der Waals surface area (Å²) in [5, 5.41) is 8.43. The Bertz CT molecular complexity index is 1670. The Morgan fingerprint density at radius 3 is 2.55 bits per heavy atom. The van der Waals surface area contributed by atoms with Gasteiger partial charge in [-0.25, -0.2) is 19.9 Å². The van der Waals surface area contributed by atoms with Crippen LogP contribution in [0, 0.1) is 0 Å². The molecule has 0 atom stereocenters. The molecule has 1 saturated carbocycles. The second kappa shape index (κ2) is 8.98. The van der Waals surface area contributed by atoms with Gasteiger partial charge in [0.25, 0.3) is 5.91 Å². The van der Waals surface area contributed by atoms with Crippen LogP contribution in [0.2, 0.25) is 0 Å². The van der Waals surface area contributed by atoms with Crippen molar-refractivity contribution in [3.63, 3.8) is 0 Å². The first kappa shape index (κ1) is 23.7. The number of amides is 1. The fourth-order valence-electron chi connectivity index (χ4n) is 4.45. The standard InChI is InChI=1S/C28H27N9O/c1-28(2,27-31-14-19(15-32-27)16-6-7-16)35-26(38)24-25(29)34-23(21-10-12-37(3)36-21)22(33-24)18-8-9-20-17(13-18)5-4-11-30-20/h4-5,8-16H,6-7H2,1-3H3,(H2,29,34)(H,35,38). The SMILES string of the molecule is Cn1ccc(-c2nc(N)c(C(=O)NC(C)(C)c3ncc(C4CC4)cn3)nc2-c2ccc3ncccc3c2)n1. The fourth-order valence-corrected chi connectivity index (χ4v) is 4.45. The van der Waals surface area contributed by atoms with Crippen LogP contribution >= 0.6 is 0 Å². The lowest BCUT2D eigenvalue weighted by Crippen LogP contribution is -2.43. The zero-order chi connectivity index (χ0) is 26.4. The topological polar surface area (TPSA) is 137 Å². The van der Waals surface area contributed by atoms with E-state index in [4.69, 9.17) is 10.7 Å². The number of carbonyl (C=O) groups is 1. The van der Waals surface area contributed by atoms with Gasteiger partial charge in [0, 0.05) is 42.8 Å². The molecule has 38 heavy (non-hydrogen) atoms. The van der Waals surface area contributed by atoms with Crippen molar-refractivity contribution < 1.29 is 4.79 Å². The van der Waals surface area contributed by atoms with E-state index >= 15 is 0 Å². The summed E-state index contributed by atoms with van der Waals surface area (Å²) < 4.78 is 1.68. The first-order valence-electron chi connectivity index (χ1n) is 12.5. The molecule has 0 spiro atoms. The van der Waals surface area contributed by atoms with E-state index in [0.717, 1.165) is 22.0 Å². The van der Waals surface area contributed by atoms with Crippen molar-refractivity contribution in [1.82, 2.24) is 40.0 Å². The molecule has 3 N–H and O–H groups in total. The number of nitrogens with one attached hydrogen (secondary N) is 1. The largest absolute Gasteiger partial charge is 0.382 e. The molecule has 1 amide bonds. The second-order valence-corrected chi connectivity index (χ2v) is 10.1. The third-order valence-electron chi connectivity index (χ3n) is 6.68. The molecule has 1 fully saturated rings. The number of anilines is 1. The molecule has 0 aliphatic heterocycles. The molecule has 0 radical (unpaired) electrons. The van der Waals surface area contributed by atoms with Crippen LogP contribution in [-0.2, 0) is 12.6 Å². The maximum Gasteiger partial charge on any atom is 0.274 e. The van der Waals surface area contributed by atoms with E-state index in [1.807, 2.05) is 75.9 Å². The highest BCUT2D eigenvalue weighted by Crippen LogP contribution is 2.39. The van der Waals surface area contributed by atoms with E-state index in [-0.39, 0.29) is 11.5 Å². The van der Waals surface area contributed by atoms with Crippen molar-refractivity contribution in [1.29, 1.82) is 0 Å². The van der Waals surface area contributed by atoms with Crippen molar-refractivity contribution in [3.8, 4) is 22.6 Å². The van der Waals surface area contributed by atoms with Crippen molar-refractivity contribution in [2.24, 2.45) is 7.05 Å². The maximum atomic E-state index is 13.5. The van der Waals surface area contributed by atoms with Crippen molar-refractivity contribution in [2.75, 3.05) is 5.73 Å². The Balaban J connectivity index is 1.39. The quantitative estimate of drug-likeness (QED) is 0.353. The Kier molecular flexibility index (Phi) is 5.59. The molecule has 1 aromatic carbocycles. The molecule has 4 heterocycles. The highest BCUT2D eigenvalue weighted by Gasteiger charge is 2.31. The predicted octanol–water partition coefficient (Wildman–Crippen LogP) is 4.01. The van der Waals surface area contributed by atoms with Gasteiger partial charge in [-0.3, -0.25) is 14.5 Å². The average Bonchev–Trinajstić information content (AvgIpc) is 3.68. The van der Waals surface area contributed by atoms with E-state index in [0.29, 0.717) is 28.8 Å². The molecule has 5 aromatic rings. The third kappa shape index (κ3) is 4.45. The molecule has 10 heteroatoms. The van der Waals surface area contributed by atoms with Gasteiger partial charge in [0.1, 0.15) is 11.4 Å². The third-order valence-corrected chi connectivity index (χ3v) is 6.68. The number of hydrogen-bond acceptors (Lipinski definition) is 8. The Hall–Kier alpha value is -4.73. The Morgan fingerprint density at radius 1 is 1.05 bits per heavy atom. The van der Waals surface area contributed by atoms with Gasteiger partial charge in [-0.05, 0) is 62.4 Å². The summed E-state index contributed by atoms with van der Waals surface area (Å²) >= 11 is 0. The smallest absolute Gasteiger partial charge is 0.274 e. The van der Waals surface area contributed by atoms with Gasteiger partial charge in [0.05, 0.1) is 16.7 Å². The van der Waals surface area contributed by atoms with Crippen LogP contribution in [-0.4, -0.2) is 40.6 Å². The monoisotopic (exact) mass is 505 g/mol. The van der Waals surface area contributed by atoms with Crippen LogP contribution < -0.4 is 11.1 Å². The van der Waals surface area contributed by atoms with E-state index < -0.39 is 11.4 Å². The highest BCUT2D eigenvalue weighted by molar-refractivity contribution is 5.98. The fraction of sp³-hybridized carbons (Fsp3) is 0.250. The zero-order valence-corrected chi connectivity index (χ0v) is 21.4. The summed E-state index contributed by atoms with van der Waals surface area (Å²) in [7, 11) is 1.82. The van der Waals surface area contributed by atoms with Gasteiger partial charge in [-0.2, -0.15) is 5.10 Å². The lowest BCUT2D eigenvalue weighted by atomic mass is 10.0. The summed E-state index contributed by atoms with van der Waals surface area (Å²) in [6.07, 6.45) is 9.60. The molecule has 0 saturated heterocycles. The number of nitrogen functional groups attached to an aromatic ring is 1. The molecule has 1 aliphatic rings. The molecule has 0 bridgehead atoms. The number of fused-ring (bicyclic) bond motifs is 1. The normalized spacial score (nSPS) is 13.6. The molecular formula is C28H27N9O. The van der Waals surface area contributed by atoms with Crippen LogP contribution in [0.15, 0.2) is 61.2 Å². The summed E-state index contributed by atoms with van der Waals surface area (Å²) in [5.41, 5.74) is 9.81. The van der Waals surface area contributed by atoms with E-state index in [9.17, 15) is 4.79 Å². The Morgan fingerprint density at radius 2 is 1.84 bits per heavy atom. The van der Waals surface area contributed by atoms with Gasteiger partial charge in [-0.1, -0.05) is 12.1 Å². The number of pyridine rings is 1. The number of aromatic nitrogens is 7. The van der Waals surface area contributed by atoms with Crippen molar-refractivity contribution in [2.45, 2.75) is 38.1 Å². The molecule has 0 unspecified atom stereocenters. The van der Waals surface area contributed by atoms with Crippen molar-refractivity contribution in [3.05, 3.63) is 78.3 Å². The number of rotatable bonds is 6. The lowest BCUT2D eigenvalue weighted by molar-refractivity contribution is 0.0904. The van der Waals surface area contributed by atoms with Gasteiger partial charge in [0.2, 0.25) is 0 Å². The molecule has 1 aliphatic carbocycles. The van der Waals surface area contributed by atoms with Crippen LogP contribution in [0.4, 0.5) is 5.82 Å². The Labute approximate surface area is 219 Å². The van der Waals surface area contributed by atoms with Crippen LogP contribution in [0.1, 0.15) is 54.5 Å². The molecule has 190 valence electrons. The summed E-state index contributed by atoms with van der Waals surface area (Å²) in [4.78, 5) is 36.3. The van der Waals surface area contributed by atoms with Crippen LogP contribution in [0.5, 0.6) is 0 Å². The summed E-state index contributed by atoms with van der Waals surface area (Å²) in [5.74, 6) is 0.606. The molecule has 4 aromatic heterocycles. The number of benzene rings is 1. The molecule has 10 nitrogen and oxygen atoms in total. The minimum atomic E-state index is -0.859. The average molecular weight is 506 g/mol. The predicted molar refractivity (Wildman–Crippen MR) is 144 cm³/mol. The zero-order valence-electron chi connectivity index (χ0n) is 21.4. The van der Waals surface area contributed by atoms with Gasteiger partial charge >= 0.3 is 0 Å². The summed E-state index contributed by atoms with van der Waals surface area (Å²) in [6.45, 7) is 3.69.